The van der Waals surface area contributed by atoms with Crippen LogP contribution in [-0.2, 0) is 0 Å². The third-order valence-corrected chi connectivity index (χ3v) is 3.09. The molecule has 0 saturated heterocycles. The Morgan fingerprint density at radius 2 is 2.00 bits per heavy atom. The van der Waals surface area contributed by atoms with Gasteiger partial charge in [0.25, 0.3) is 0 Å². The van der Waals surface area contributed by atoms with Crippen LogP contribution in [0.3, 0.4) is 0 Å². The van der Waals surface area contributed by atoms with Crippen molar-refractivity contribution in [2.45, 2.75) is 9.79 Å². The van der Waals surface area contributed by atoms with E-state index in [-0.39, 0.29) is 10.6 Å². The minimum absolute atomic E-state index is 0.0981. The predicted molar refractivity (Wildman–Crippen MR) is 61.7 cm³/mol. The van der Waals surface area contributed by atoms with E-state index in [9.17, 15) is 13.6 Å². The monoisotopic (exact) mass is 267 g/mol. The number of halogens is 2. The van der Waals surface area contributed by atoms with Crippen molar-refractivity contribution in [2.24, 2.45) is 0 Å². The van der Waals surface area contributed by atoms with Crippen LogP contribution >= 0.6 is 11.8 Å². The summed E-state index contributed by atoms with van der Waals surface area (Å²) in [4.78, 5) is 14.9. The Kier molecular flexibility index (Phi) is 3.57. The number of hydrogen-bond acceptors (Lipinski definition) is 3. The van der Waals surface area contributed by atoms with Crippen molar-refractivity contribution in [2.75, 3.05) is 0 Å². The zero-order valence-electron chi connectivity index (χ0n) is 8.93. The Balaban J connectivity index is 2.23. The van der Waals surface area contributed by atoms with Crippen molar-refractivity contribution in [3.05, 3.63) is 53.9 Å². The van der Waals surface area contributed by atoms with Gasteiger partial charge in [-0.15, -0.1) is 0 Å². The molecular weight excluding hydrogens is 260 g/mol. The van der Waals surface area contributed by atoms with Crippen LogP contribution in [0.25, 0.3) is 0 Å². The van der Waals surface area contributed by atoms with Crippen molar-refractivity contribution < 1.29 is 18.7 Å². The lowest BCUT2D eigenvalue weighted by Crippen LogP contribution is -1.98. The third-order valence-electron chi connectivity index (χ3n) is 2.08. The van der Waals surface area contributed by atoms with Crippen molar-refractivity contribution in [1.29, 1.82) is 0 Å². The number of rotatable bonds is 3. The Labute approximate surface area is 105 Å². The van der Waals surface area contributed by atoms with Crippen LogP contribution in [0.4, 0.5) is 8.78 Å². The number of nitrogens with zero attached hydrogens (tertiary/aromatic N) is 1. The Morgan fingerprint density at radius 1 is 1.22 bits per heavy atom. The van der Waals surface area contributed by atoms with Gasteiger partial charge in [0, 0.05) is 11.1 Å². The molecule has 0 aliphatic heterocycles. The predicted octanol–water partition coefficient (Wildman–Crippen LogP) is 3.21. The van der Waals surface area contributed by atoms with Gasteiger partial charge >= 0.3 is 5.97 Å². The summed E-state index contributed by atoms with van der Waals surface area (Å²) in [5, 5.41) is 8.67. The summed E-state index contributed by atoms with van der Waals surface area (Å²) in [6.45, 7) is 0. The van der Waals surface area contributed by atoms with E-state index in [2.05, 4.69) is 4.98 Å². The second-order valence-corrected chi connectivity index (χ2v) is 4.48. The number of carboxylic acids is 1. The molecule has 0 spiro atoms. The van der Waals surface area contributed by atoms with Crippen LogP contribution in [0.2, 0.25) is 0 Å². The van der Waals surface area contributed by atoms with Crippen LogP contribution in [0, 0.1) is 11.6 Å². The lowest BCUT2D eigenvalue weighted by atomic mass is 10.3. The van der Waals surface area contributed by atoms with Crippen molar-refractivity contribution in [3.63, 3.8) is 0 Å². The van der Waals surface area contributed by atoms with Gasteiger partial charge in [-0.2, -0.15) is 0 Å². The quantitative estimate of drug-likeness (QED) is 0.927. The van der Waals surface area contributed by atoms with Crippen molar-refractivity contribution in [3.8, 4) is 0 Å². The molecule has 0 saturated carbocycles. The van der Waals surface area contributed by atoms with E-state index >= 15 is 0 Å². The van der Waals surface area contributed by atoms with E-state index < -0.39 is 17.6 Å². The van der Waals surface area contributed by atoms with Crippen LogP contribution in [0.5, 0.6) is 0 Å². The zero-order valence-corrected chi connectivity index (χ0v) is 9.75. The van der Waals surface area contributed by atoms with Crippen molar-refractivity contribution in [1.82, 2.24) is 4.98 Å². The fourth-order valence-corrected chi connectivity index (χ4v) is 2.08. The van der Waals surface area contributed by atoms with Gasteiger partial charge < -0.3 is 5.11 Å². The molecule has 1 heterocycles. The summed E-state index contributed by atoms with van der Waals surface area (Å²) in [6, 6.07) is 5.94. The van der Waals surface area contributed by atoms with Gasteiger partial charge in [-0.25, -0.2) is 18.6 Å². The van der Waals surface area contributed by atoms with E-state index in [1.165, 1.54) is 18.3 Å². The van der Waals surface area contributed by atoms with Gasteiger partial charge in [0.05, 0.1) is 4.90 Å². The van der Waals surface area contributed by atoms with Crippen molar-refractivity contribution >= 4 is 17.7 Å². The van der Waals surface area contributed by atoms with E-state index in [1.807, 2.05) is 0 Å². The molecular formula is C12H7F2NO2S. The third kappa shape index (κ3) is 2.84. The minimum atomic E-state index is -1.14. The van der Waals surface area contributed by atoms with Crippen LogP contribution < -0.4 is 0 Å². The summed E-state index contributed by atoms with van der Waals surface area (Å²) >= 11 is 0.978. The van der Waals surface area contributed by atoms with E-state index in [0.717, 1.165) is 30.0 Å². The topological polar surface area (TPSA) is 50.2 Å². The average Bonchev–Trinajstić information content (AvgIpc) is 2.34. The van der Waals surface area contributed by atoms with Gasteiger partial charge in [-0.05, 0) is 30.3 Å². The molecule has 0 bridgehead atoms. The molecule has 92 valence electrons. The summed E-state index contributed by atoms with van der Waals surface area (Å²) in [5.74, 6) is -2.21. The number of benzene rings is 1. The summed E-state index contributed by atoms with van der Waals surface area (Å²) in [5.41, 5.74) is -0.0981. The highest BCUT2D eigenvalue weighted by molar-refractivity contribution is 7.99. The van der Waals surface area contributed by atoms with Gasteiger partial charge in [-0.3, -0.25) is 0 Å². The highest BCUT2D eigenvalue weighted by atomic mass is 32.2. The maximum absolute atomic E-state index is 13.4. The molecule has 6 heteroatoms. The number of carboxylic acid groups (broad SMARTS) is 1. The molecule has 3 nitrogen and oxygen atoms in total. The first-order valence-corrected chi connectivity index (χ1v) is 5.70. The molecule has 1 N–H and O–H groups in total. The van der Waals surface area contributed by atoms with E-state index in [4.69, 9.17) is 5.11 Å². The van der Waals surface area contributed by atoms with Gasteiger partial charge in [0.15, 0.2) is 0 Å². The van der Waals surface area contributed by atoms with E-state index in [0.29, 0.717) is 4.90 Å². The molecule has 0 aliphatic rings. The number of hydrogen-bond donors (Lipinski definition) is 1. The second kappa shape index (κ2) is 5.14. The van der Waals surface area contributed by atoms with E-state index in [1.54, 1.807) is 0 Å². The number of aromatic carboxylic acids is 1. The first-order valence-electron chi connectivity index (χ1n) is 4.88. The molecule has 1 aromatic carbocycles. The molecule has 0 fully saturated rings. The molecule has 0 aliphatic carbocycles. The fraction of sp³-hybridized carbons (Fsp3) is 0. The summed E-state index contributed by atoms with van der Waals surface area (Å²) in [6.07, 6.45) is 1.30. The maximum Gasteiger partial charge on any atom is 0.354 e. The Morgan fingerprint density at radius 3 is 2.61 bits per heavy atom. The summed E-state index contributed by atoms with van der Waals surface area (Å²) in [7, 11) is 0. The highest BCUT2D eigenvalue weighted by Gasteiger charge is 2.08. The molecule has 0 atom stereocenters. The highest BCUT2D eigenvalue weighted by Crippen LogP contribution is 2.29. The largest absolute Gasteiger partial charge is 0.477 e. The number of pyridine rings is 1. The first-order chi connectivity index (χ1) is 8.56. The molecule has 1 aromatic heterocycles. The molecule has 2 aromatic rings. The summed E-state index contributed by atoms with van der Waals surface area (Å²) < 4.78 is 26.3. The Bertz CT molecular complexity index is 587. The molecule has 18 heavy (non-hydrogen) atoms. The minimum Gasteiger partial charge on any atom is -0.477 e. The molecule has 0 unspecified atom stereocenters. The van der Waals surface area contributed by atoms with Gasteiger partial charge in [0.1, 0.15) is 17.3 Å². The Hall–Kier alpha value is -1.95. The maximum atomic E-state index is 13.4. The molecule has 0 radical (unpaired) electrons. The lowest BCUT2D eigenvalue weighted by Gasteiger charge is -2.03. The SMILES string of the molecule is O=C(O)c1ccc(Sc2cc(F)ccc2F)cn1. The second-order valence-electron chi connectivity index (χ2n) is 3.36. The normalized spacial score (nSPS) is 10.3. The number of carbonyl (C=O) groups is 1. The van der Waals surface area contributed by atoms with Gasteiger partial charge in [0.2, 0.25) is 0 Å². The smallest absolute Gasteiger partial charge is 0.354 e. The average molecular weight is 267 g/mol. The van der Waals surface area contributed by atoms with Crippen LogP contribution in [0.15, 0.2) is 46.3 Å². The van der Waals surface area contributed by atoms with Crippen LogP contribution in [0.1, 0.15) is 10.5 Å². The zero-order chi connectivity index (χ0) is 13.1. The standard InChI is InChI=1S/C12H7F2NO2S/c13-7-1-3-9(14)11(5-7)18-8-2-4-10(12(16)17)15-6-8/h1-6H,(H,16,17). The lowest BCUT2D eigenvalue weighted by molar-refractivity contribution is 0.0690. The fourth-order valence-electron chi connectivity index (χ4n) is 1.25. The molecule has 0 amide bonds. The first kappa shape index (κ1) is 12.5. The molecule has 2 rings (SSSR count). The number of aromatic nitrogens is 1. The van der Waals surface area contributed by atoms with Gasteiger partial charge in [-0.1, -0.05) is 11.8 Å². The van der Waals surface area contributed by atoms with Crippen LogP contribution in [-0.4, -0.2) is 16.1 Å².